The first-order valence-electron chi connectivity index (χ1n) is 10.9. The van der Waals surface area contributed by atoms with Crippen molar-refractivity contribution >= 4 is 23.1 Å². The summed E-state index contributed by atoms with van der Waals surface area (Å²) in [6.07, 6.45) is 0. The summed E-state index contributed by atoms with van der Waals surface area (Å²) in [5, 5.41) is 11.1. The van der Waals surface area contributed by atoms with Crippen LogP contribution in [-0.2, 0) is 9.59 Å². The molecule has 0 aromatic heterocycles. The van der Waals surface area contributed by atoms with Gasteiger partial charge in [-0.05, 0) is 73.2 Å². The molecule has 0 spiro atoms. The van der Waals surface area contributed by atoms with Gasteiger partial charge < -0.3 is 19.3 Å². The van der Waals surface area contributed by atoms with Gasteiger partial charge >= 0.3 is 0 Å². The van der Waals surface area contributed by atoms with E-state index in [2.05, 4.69) is 0 Å². The van der Waals surface area contributed by atoms with E-state index < -0.39 is 29.3 Å². The number of anilines is 1. The van der Waals surface area contributed by atoms with Gasteiger partial charge in [-0.3, -0.25) is 14.5 Å². The zero-order chi connectivity index (χ0) is 25.1. The lowest BCUT2D eigenvalue weighted by molar-refractivity contribution is -0.132. The maximum Gasteiger partial charge on any atom is 0.300 e. The van der Waals surface area contributed by atoms with E-state index in [1.807, 2.05) is 6.92 Å². The third kappa shape index (κ3) is 4.42. The van der Waals surface area contributed by atoms with Gasteiger partial charge in [0.15, 0.2) is 11.5 Å². The van der Waals surface area contributed by atoms with E-state index in [9.17, 15) is 19.1 Å². The SMILES string of the molecule is CCOc1ccc(N2C(=O)C(=O)/C(=C(\O)c3ccc(F)cc3)C2c2ccc(OC)c(OC)c2)cc1. The van der Waals surface area contributed by atoms with E-state index in [1.165, 1.54) is 43.4 Å². The molecule has 1 unspecified atom stereocenters. The van der Waals surface area contributed by atoms with Gasteiger partial charge in [-0.2, -0.15) is 0 Å². The van der Waals surface area contributed by atoms with Crippen molar-refractivity contribution in [2.75, 3.05) is 25.7 Å². The lowest BCUT2D eigenvalue weighted by atomic mass is 9.94. The molecule has 180 valence electrons. The number of hydrogen-bond donors (Lipinski definition) is 1. The molecule has 1 aliphatic heterocycles. The first-order chi connectivity index (χ1) is 16.9. The van der Waals surface area contributed by atoms with Gasteiger partial charge in [0.2, 0.25) is 0 Å². The number of benzene rings is 3. The molecule has 8 heteroatoms. The van der Waals surface area contributed by atoms with Crippen LogP contribution in [0, 0.1) is 5.82 Å². The van der Waals surface area contributed by atoms with E-state index in [0.29, 0.717) is 35.1 Å². The van der Waals surface area contributed by atoms with Crippen LogP contribution >= 0.6 is 0 Å². The summed E-state index contributed by atoms with van der Waals surface area (Å²) in [5.74, 6) is -1.10. The Morgan fingerprint density at radius 3 is 2.20 bits per heavy atom. The second-order valence-electron chi connectivity index (χ2n) is 7.72. The molecule has 35 heavy (non-hydrogen) atoms. The largest absolute Gasteiger partial charge is 0.507 e. The van der Waals surface area contributed by atoms with E-state index in [0.717, 1.165) is 0 Å². The number of nitrogens with zero attached hydrogens (tertiary/aromatic N) is 1. The number of aliphatic hydroxyl groups is 1. The highest BCUT2D eigenvalue weighted by atomic mass is 19.1. The molecule has 1 atom stereocenters. The standard InChI is InChI=1S/C27H24FNO6/c1-4-35-20-12-10-19(11-13-20)29-24(17-7-14-21(33-2)22(15-17)34-3)23(26(31)27(29)32)25(30)16-5-8-18(28)9-6-16/h5-15,24,30H,4H2,1-3H3/b25-23-. The number of aliphatic hydroxyl groups excluding tert-OH is 1. The van der Waals surface area contributed by atoms with Crippen LogP contribution in [0.4, 0.5) is 10.1 Å². The average molecular weight is 477 g/mol. The van der Waals surface area contributed by atoms with Crippen LogP contribution in [0.25, 0.3) is 5.76 Å². The summed E-state index contributed by atoms with van der Waals surface area (Å²) >= 11 is 0. The molecule has 1 fully saturated rings. The van der Waals surface area contributed by atoms with E-state index in [-0.39, 0.29) is 11.1 Å². The number of ether oxygens (including phenoxy) is 3. The minimum Gasteiger partial charge on any atom is -0.507 e. The first-order valence-corrected chi connectivity index (χ1v) is 10.9. The predicted molar refractivity (Wildman–Crippen MR) is 128 cm³/mol. The Balaban J connectivity index is 1.92. The molecule has 0 bridgehead atoms. The molecule has 1 amide bonds. The molecule has 3 aromatic rings. The summed E-state index contributed by atoms with van der Waals surface area (Å²) in [7, 11) is 2.97. The Hall–Kier alpha value is -4.33. The Bertz CT molecular complexity index is 1280. The first kappa shape index (κ1) is 23.8. The van der Waals surface area contributed by atoms with Crippen molar-refractivity contribution in [3.63, 3.8) is 0 Å². The molecule has 3 aromatic carbocycles. The molecule has 1 heterocycles. The van der Waals surface area contributed by atoms with E-state index >= 15 is 0 Å². The lowest BCUT2D eigenvalue weighted by Gasteiger charge is -2.26. The smallest absolute Gasteiger partial charge is 0.300 e. The van der Waals surface area contributed by atoms with Crippen LogP contribution in [0.2, 0.25) is 0 Å². The molecule has 0 radical (unpaired) electrons. The summed E-state index contributed by atoms with van der Waals surface area (Å²) < 4.78 is 29.7. The Morgan fingerprint density at radius 2 is 1.60 bits per heavy atom. The minimum atomic E-state index is -0.974. The number of carbonyl (C=O) groups is 2. The number of hydrogen-bond acceptors (Lipinski definition) is 6. The molecule has 0 saturated carbocycles. The van der Waals surface area contributed by atoms with Crippen molar-refractivity contribution in [2.45, 2.75) is 13.0 Å². The van der Waals surface area contributed by atoms with E-state index in [1.54, 1.807) is 42.5 Å². The summed E-state index contributed by atoms with van der Waals surface area (Å²) in [5.41, 5.74) is 1.04. The monoisotopic (exact) mass is 477 g/mol. The number of methoxy groups -OCH3 is 2. The maximum absolute atomic E-state index is 13.5. The van der Waals surface area contributed by atoms with Gasteiger partial charge in [0, 0.05) is 11.3 Å². The third-order valence-corrected chi connectivity index (χ3v) is 5.71. The van der Waals surface area contributed by atoms with Crippen molar-refractivity contribution in [3.8, 4) is 17.2 Å². The van der Waals surface area contributed by atoms with Crippen LogP contribution in [0.15, 0.2) is 72.3 Å². The molecular weight excluding hydrogens is 453 g/mol. The summed E-state index contributed by atoms with van der Waals surface area (Å²) in [4.78, 5) is 27.8. The van der Waals surface area contributed by atoms with Crippen molar-refractivity contribution in [1.82, 2.24) is 0 Å². The zero-order valence-electron chi connectivity index (χ0n) is 19.4. The molecule has 1 saturated heterocycles. The van der Waals surface area contributed by atoms with E-state index in [4.69, 9.17) is 14.2 Å². The zero-order valence-corrected chi connectivity index (χ0v) is 19.4. The quantitative estimate of drug-likeness (QED) is 0.297. The van der Waals surface area contributed by atoms with Gasteiger partial charge in [0.1, 0.15) is 17.3 Å². The summed E-state index contributed by atoms with van der Waals surface area (Å²) in [6, 6.07) is 15.8. The van der Waals surface area contributed by atoms with Gasteiger partial charge in [-0.15, -0.1) is 0 Å². The second kappa shape index (κ2) is 9.89. The van der Waals surface area contributed by atoms with Crippen LogP contribution in [-0.4, -0.2) is 37.6 Å². The van der Waals surface area contributed by atoms with Crippen LogP contribution in [0.3, 0.4) is 0 Å². The number of Topliss-reactive ketones (excluding diaryl/α,β-unsaturated/α-hetero) is 1. The second-order valence-corrected chi connectivity index (χ2v) is 7.72. The molecule has 0 aliphatic carbocycles. The number of carbonyl (C=O) groups excluding carboxylic acids is 2. The maximum atomic E-state index is 13.5. The number of ketones is 1. The minimum absolute atomic E-state index is 0.122. The fourth-order valence-corrected chi connectivity index (χ4v) is 4.07. The lowest BCUT2D eigenvalue weighted by Crippen LogP contribution is -2.29. The summed E-state index contributed by atoms with van der Waals surface area (Å²) in [6.45, 7) is 2.34. The van der Waals surface area contributed by atoms with Gasteiger partial charge in [0.25, 0.3) is 11.7 Å². The van der Waals surface area contributed by atoms with Gasteiger partial charge in [0.05, 0.1) is 32.4 Å². The number of rotatable bonds is 7. The van der Waals surface area contributed by atoms with Gasteiger partial charge in [-0.25, -0.2) is 4.39 Å². The topological polar surface area (TPSA) is 85.3 Å². The van der Waals surface area contributed by atoms with Crippen molar-refractivity contribution in [2.24, 2.45) is 0 Å². The number of amides is 1. The van der Waals surface area contributed by atoms with Gasteiger partial charge in [-0.1, -0.05) is 6.07 Å². The highest BCUT2D eigenvalue weighted by Gasteiger charge is 2.47. The molecule has 7 nitrogen and oxygen atoms in total. The predicted octanol–water partition coefficient (Wildman–Crippen LogP) is 4.87. The highest BCUT2D eigenvalue weighted by Crippen LogP contribution is 2.44. The molecule has 4 rings (SSSR count). The van der Waals surface area contributed by atoms with Crippen LogP contribution in [0.1, 0.15) is 24.1 Å². The molecule has 1 aliphatic rings. The average Bonchev–Trinajstić information content (AvgIpc) is 3.14. The highest BCUT2D eigenvalue weighted by molar-refractivity contribution is 6.51. The molecule has 1 N–H and O–H groups in total. The Kier molecular flexibility index (Phi) is 6.73. The fourth-order valence-electron chi connectivity index (χ4n) is 4.07. The third-order valence-electron chi connectivity index (χ3n) is 5.71. The Labute approximate surface area is 202 Å². The van der Waals surface area contributed by atoms with Crippen LogP contribution in [0.5, 0.6) is 17.2 Å². The number of halogens is 1. The van der Waals surface area contributed by atoms with Crippen LogP contribution < -0.4 is 19.1 Å². The fraction of sp³-hybridized carbons (Fsp3) is 0.185. The van der Waals surface area contributed by atoms with Crippen molar-refractivity contribution < 1.29 is 33.3 Å². The van der Waals surface area contributed by atoms with Crippen molar-refractivity contribution in [1.29, 1.82) is 0 Å². The molecular formula is C27H24FNO6. The normalized spacial score (nSPS) is 16.9. The van der Waals surface area contributed by atoms with Crippen molar-refractivity contribution in [3.05, 3.63) is 89.2 Å². The Morgan fingerprint density at radius 1 is 0.943 bits per heavy atom.